The Balaban J connectivity index is 2.01. The SMILES string of the molecule is Cc1ccc(N(C)C/C=C/c2ccccc2)c(C)c1. The minimum atomic E-state index is 0.915. The molecule has 0 N–H and O–H groups in total. The summed E-state index contributed by atoms with van der Waals surface area (Å²) in [5.41, 5.74) is 5.19. The second-order valence-electron chi connectivity index (χ2n) is 4.98. The van der Waals surface area contributed by atoms with Gasteiger partial charge in [0.25, 0.3) is 0 Å². The van der Waals surface area contributed by atoms with E-state index in [9.17, 15) is 0 Å². The van der Waals surface area contributed by atoms with Crippen LogP contribution in [0.4, 0.5) is 5.69 Å². The number of rotatable bonds is 4. The Labute approximate surface area is 116 Å². The molecule has 0 amide bonds. The Morgan fingerprint density at radius 1 is 1.00 bits per heavy atom. The van der Waals surface area contributed by atoms with Gasteiger partial charge in [-0.1, -0.05) is 60.2 Å². The number of likely N-dealkylation sites (N-methyl/N-ethyl adjacent to an activating group) is 1. The molecule has 2 rings (SSSR count). The van der Waals surface area contributed by atoms with Crippen molar-refractivity contribution in [1.82, 2.24) is 0 Å². The van der Waals surface area contributed by atoms with E-state index in [-0.39, 0.29) is 0 Å². The third-order valence-electron chi connectivity index (χ3n) is 3.25. The minimum absolute atomic E-state index is 0.915. The van der Waals surface area contributed by atoms with Crippen molar-refractivity contribution in [3.05, 3.63) is 71.3 Å². The summed E-state index contributed by atoms with van der Waals surface area (Å²) < 4.78 is 0. The van der Waals surface area contributed by atoms with Crippen LogP contribution in [0.25, 0.3) is 6.08 Å². The van der Waals surface area contributed by atoms with Crippen LogP contribution in [-0.4, -0.2) is 13.6 Å². The molecule has 0 aliphatic rings. The molecule has 0 fully saturated rings. The summed E-state index contributed by atoms with van der Waals surface area (Å²) in [7, 11) is 2.13. The number of benzene rings is 2. The minimum Gasteiger partial charge on any atom is -0.371 e. The van der Waals surface area contributed by atoms with Crippen molar-refractivity contribution in [3.8, 4) is 0 Å². The van der Waals surface area contributed by atoms with E-state index in [1.807, 2.05) is 6.07 Å². The fourth-order valence-corrected chi connectivity index (χ4v) is 2.24. The molecular weight excluding hydrogens is 230 g/mol. The number of hydrogen-bond donors (Lipinski definition) is 0. The quantitative estimate of drug-likeness (QED) is 0.776. The van der Waals surface area contributed by atoms with Gasteiger partial charge in [0.15, 0.2) is 0 Å². The second kappa shape index (κ2) is 6.24. The molecule has 1 nitrogen and oxygen atoms in total. The van der Waals surface area contributed by atoms with Crippen molar-refractivity contribution in [2.45, 2.75) is 13.8 Å². The van der Waals surface area contributed by atoms with Crippen molar-refractivity contribution < 1.29 is 0 Å². The fourth-order valence-electron chi connectivity index (χ4n) is 2.24. The van der Waals surface area contributed by atoms with Crippen LogP contribution in [-0.2, 0) is 0 Å². The summed E-state index contributed by atoms with van der Waals surface area (Å²) in [6.45, 7) is 5.21. The third-order valence-corrected chi connectivity index (χ3v) is 3.25. The molecule has 2 aromatic rings. The maximum absolute atomic E-state index is 2.27. The van der Waals surface area contributed by atoms with Crippen LogP contribution in [0, 0.1) is 13.8 Å². The number of nitrogens with zero attached hydrogens (tertiary/aromatic N) is 1. The summed E-state index contributed by atoms with van der Waals surface area (Å²) in [6.07, 6.45) is 4.37. The summed E-state index contributed by atoms with van der Waals surface area (Å²) in [5.74, 6) is 0. The van der Waals surface area contributed by atoms with Crippen molar-refractivity contribution in [2.24, 2.45) is 0 Å². The van der Waals surface area contributed by atoms with E-state index >= 15 is 0 Å². The fraction of sp³-hybridized carbons (Fsp3) is 0.222. The lowest BCUT2D eigenvalue weighted by atomic mass is 10.1. The number of aryl methyl sites for hydroxylation is 2. The normalized spacial score (nSPS) is 10.9. The molecule has 2 aromatic carbocycles. The van der Waals surface area contributed by atoms with Gasteiger partial charge in [-0.05, 0) is 31.0 Å². The molecule has 0 aliphatic carbocycles. The van der Waals surface area contributed by atoms with E-state index in [1.54, 1.807) is 0 Å². The summed E-state index contributed by atoms with van der Waals surface area (Å²) in [6, 6.07) is 17.0. The van der Waals surface area contributed by atoms with E-state index < -0.39 is 0 Å². The van der Waals surface area contributed by atoms with Crippen molar-refractivity contribution in [2.75, 3.05) is 18.5 Å². The number of anilines is 1. The zero-order chi connectivity index (χ0) is 13.7. The standard InChI is InChI=1S/C18H21N/c1-15-11-12-18(16(2)14-15)19(3)13-7-10-17-8-5-4-6-9-17/h4-12,14H,13H2,1-3H3/b10-7+. The van der Waals surface area contributed by atoms with E-state index in [1.165, 1.54) is 22.4 Å². The van der Waals surface area contributed by atoms with Gasteiger partial charge in [-0.2, -0.15) is 0 Å². The van der Waals surface area contributed by atoms with Gasteiger partial charge in [-0.3, -0.25) is 0 Å². The molecule has 0 bridgehead atoms. The average Bonchev–Trinajstić information content (AvgIpc) is 2.39. The molecule has 1 heteroatoms. The Kier molecular flexibility index (Phi) is 4.40. The predicted molar refractivity (Wildman–Crippen MR) is 84.7 cm³/mol. The molecule has 0 aromatic heterocycles. The molecule has 0 aliphatic heterocycles. The molecule has 0 atom stereocenters. The largest absolute Gasteiger partial charge is 0.371 e. The molecule has 0 spiro atoms. The maximum atomic E-state index is 2.27. The zero-order valence-electron chi connectivity index (χ0n) is 11.9. The topological polar surface area (TPSA) is 3.24 Å². The van der Waals surface area contributed by atoms with Gasteiger partial charge in [-0.25, -0.2) is 0 Å². The van der Waals surface area contributed by atoms with Gasteiger partial charge in [0, 0.05) is 19.3 Å². The predicted octanol–water partition coefficient (Wildman–Crippen LogP) is 4.45. The van der Waals surface area contributed by atoms with Gasteiger partial charge in [-0.15, -0.1) is 0 Å². The average molecular weight is 251 g/mol. The Morgan fingerprint density at radius 2 is 1.74 bits per heavy atom. The Hall–Kier alpha value is -2.02. The highest BCUT2D eigenvalue weighted by Crippen LogP contribution is 2.19. The van der Waals surface area contributed by atoms with Crippen LogP contribution in [0.5, 0.6) is 0 Å². The van der Waals surface area contributed by atoms with Gasteiger partial charge in [0.05, 0.1) is 0 Å². The highest BCUT2D eigenvalue weighted by molar-refractivity contribution is 5.56. The first-order valence-electron chi connectivity index (χ1n) is 6.67. The molecule has 0 radical (unpaired) electrons. The van der Waals surface area contributed by atoms with Gasteiger partial charge < -0.3 is 4.90 Å². The maximum Gasteiger partial charge on any atom is 0.0396 e. The summed E-state index contributed by atoms with van der Waals surface area (Å²) >= 11 is 0. The number of hydrogen-bond acceptors (Lipinski definition) is 1. The van der Waals surface area contributed by atoms with Crippen molar-refractivity contribution in [3.63, 3.8) is 0 Å². The molecule has 0 unspecified atom stereocenters. The molecule has 0 heterocycles. The Morgan fingerprint density at radius 3 is 2.42 bits per heavy atom. The molecule has 98 valence electrons. The lowest BCUT2D eigenvalue weighted by Gasteiger charge is -2.20. The van der Waals surface area contributed by atoms with E-state index in [2.05, 4.69) is 80.4 Å². The zero-order valence-corrected chi connectivity index (χ0v) is 11.9. The first-order valence-corrected chi connectivity index (χ1v) is 6.67. The second-order valence-corrected chi connectivity index (χ2v) is 4.98. The van der Waals surface area contributed by atoms with Gasteiger partial charge in [0.1, 0.15) is 0 Å². The van der Waals surface area contributed by atoms with E-state index in [0.717, 1.165) is 6.54 Å². The highest BCUT2D eigenvalue weighted by atomic mass is 15.1. The lowest BCUT2D eigenvalue weighted by molar-refractivity contribution is 1.02. The van der Waals surface area contributed by atoms with Crippen molar-refractivity contribution >= 4 is 11.8 Å². The van der Waals surface area contributed by atoms with Gasteiger partial charge >= 0.3 is 0 Å². The smallest absolute Gasteiger partial charge is 0.0396 e. The molecule has 0 saturated heterocycles. The van der Waals surface area contributed by atoms with Crippen LogP contribution < -0.4 is 4.90 Å². The summed E-state index contributed by atoms with van der Waals surface area (Å²) in [5, 5.41) is 0. The van der Waals surface area contributed by atoms with Crippen LogP contribution in [0.2, 0.25) is 0 Å². The Bertz CT molecular complexity index is 555. The highest BCUT2D eigenvalue weighted by Gasteiger charge is 2.02. The molecular formula is C18H21N. The monoisotopic (exact) mass is 251 g/mol. The van der Waals surface area contributed by atoms with Crippen LogP contribution >= 0.6 is 0 Å². The molecule has 0 saturated carbocycles. The third kappa shape index (κ3) is 3.72. The lowest BCUT2D eigenvalue weighted by Crippen LogP contribution is -2.17. The molecule has 19 heavy (non-hydrogen) atoms. The van der Waals surface area contributed by atoms with Crippen LogP contribution in [0.15, 0.2) is 54.6 Å². The summed E-state index contributed by atoms with van der Waals surface area (Å²) in [4.78, 5) is 2.27. The van der Waals surface area contributed by atoms with E-state index in [4.69, 9.17) is 0 Å². The van der Waals surface area contributed by atoms with Crippen molar-refractivity contribution in [1.29, 1.82) is 0 Å². The van der Waals surface area contributed by atoms with Crippen LogP contribution in [0.3, 0.4) is 0 Å². The first kappa shape index (κ1) is 13.4. The van der Waals surface area contributed by atoms with E-state index in [0.29, 0.717) is 0 Å². The van der Waals surface area contributed by atoms with Gasteiger partial charge in [0.2, 0.25) is 0 Å². The first-order chi connectivity index (χ1) is 9.16. The van der Waals surface area contributed by atoms with Crippen LogP contribution in [0.1, 0.15) is 16.7 Å².